The highest BCUT2D eigenvalue weighted by molar-refractivity contribution is 5.22. The van der Waals surface area contributed by atoms with Gasteiger partial charge < -0.3 is 5.73 Å². The Balaban J connectivity index is 1.59. The van der Waals surface area contributed by atoms with E-state index >= 15 is 0 Å². The lowest BCUT2D eigenvalue weighted by molar-refractivity contribution is 0.162. The highest BCUT2D eigenvalue weighted by atomic mass is 19.1. The molecule has 2 aromatic carbocycles. The third kappa shape index (κ3) is 4.18. The predicted molar refractivity (Wildman–Crippen MR) is 92.6 cm³/mol. The zero-order chi connectivity index (χ0) is 16.1. The molecule has 0 aromatic heterocycles. The van der Waals surface area contributed by atoms with Gasteiger partial charge in [-0.1, -0.05) is 42.5 Å². The van der Waals surface area contributed by atoms with Gasteiger partial charge in [-0.3, -0.25) is 4.90 Å². The molecule has 2 aromatic rings. The third-order valence-corrected chi connectivity index (χ3v) is 4.98. The maximum absolute atomic E-state index is 13.5. The van der Waals surface area contributed by atoms with Crippen LogP contribution in [-0.2, 0) is 6.54 Å². The van der Waals surface area contributed by atoms with E-state index in [9.17, 15) is 4.39 Å². The highest BCUT2D eigenvalue weighted by Gasteiger charge is 2.27. The molecule has 2 nitrogen and oxygen atoms in total. The maximum Gasteiger partial charge on any atom is 0.123 e. The molecule has 2 N–H and O–H groups in total. The van der Waals surface area contributed by atoms with E-state index in [2.05, 4.69) is 35.2 Å². The van der Waals surface area contributed by atoms with Crippen molar-refractivity contribution < 1.29 is 4.39 Å². The highest BCUT2D eigenvalue weighted by Crippen LogP contribution is 2.32. The van der Waals surface area contributed by atoms with Crippen LogP contribution < -0.4 is 5.73 Å². The first-order valence-corrected chi connectivity index (χ1v) is 8.48. The monoisotopic (exact) mass is 312 g/mol. The summed E-state index contributed by atoms with van der Waals surface area (Å²) < 4.78 is 13.5. The van der Waals surface area contributed by atoms with Gasteiger partial charge in [0.15, 0.2) is 0 Å². The zero-order valence-corrected chi connectivity index (χ0v) is 13.5. The van der Waals surface area contributed by atoms with Gasteiger partial charge >= 0.3 is 0 Å². The molecule has 0 amide bonds. The molecule has 1 aliphatic heterocycles. The number of rotatable bonds is 5. The van der Waals surface area contributed by atoms with Gasteiger partial charge in [0.2, 0.25) is 0 Å². The van der Waals surface area contributed by atoms with Crippen molar-refractivity contribution in [3.8, 4) is 0 Å². The van der Waals surface area contributed by atoms with Gasteiger partial charge in [0.25, 0.3) is 0 Å². The fourth-order valence-electron chi connectivity index (χ4n) is 3.69. The van der Waals surface area contributed by atoms with Gasteiger partial charge in [0.05, 0.1) is 0 Å². The molecule has 0 spiro atoms. The number of nitrogens with two attached hydrogens (primary N) is 1. The van der Waals surface area contributed by atoms with Crippen molar-refractivity contribution in [1.82, 2.24) is 4.90 Å². The lowest BCUT2D eigenvalue weighted by atomic mass is 9.80. The molecule has 0 radical (unpaired) electrons. The molecular weight excluding hydrogens is 287 g/mol. The van der Waals surface area contributed by atoms with Crippen LogP contribution in [0.15, 0.2) is 54.6 Å². The molecule has 0 saturated carbocycles. The van der Waals surface area contributed by atoms with Crippen molar-refractivity contribution in [3.05, 3.63) is 71.5 Å². The topological polar surface area (TPSA) is 29.3 Å². The molecule has 1 saturated heterocycles. The summed E-state index contributed by atoms with van der Waals surface area (Å²) in [6.45, 7) is 3.78. The Morgan fingerprint density at radius 1 is 1.04 bits per heavy atom. The molecule has 3 heteroatoms. The quantitative estimate of drug-likeness (QED) is 0.910. The zero-order valence-electron chi connectivity index (χ0n) is 13.5. The molecule has 1 heterocycles. The van der Waals surface area contributed by atoms with Crippen LogP contribution in [0.25, 0.3) is 0 Å². The average molecular weight is 312 g/mol. The fourth-order valence-corrected chi connectivity index (χ4v) is 3.69. The Bertz CT molecular complexity index is 606. The van der Waals surface area contributed by atoms with Crippen molar-refractivity contribution >= 4 is 0 Å². The first-order valence-electron chi connectivity index (χ1n) is 8.48. The lowest BCUT2D eigenvalue weighted by Gasteiger charge is -2.36. The van der Waals surface area contributed by atoms with Crippen LogP contribution in [0.5, 0.6) is 0 Å². The molecule has 1 unspecified atom stereocenters. The molecule has 23 heavy (non-hydrogen) atoms. The average Bonchev–Trinajstić information content (AvgIpc) is 2.58. The first kappa shape index (κ1) is 16.2. The van der Waals surface area contributed by atoms with Crippen molar-refractivity contribution in [2.24, 2.45) is 11.7 Å². The Hall–Kier alpha value is -1.71. The second-order valence-electron chi connectivity index (χ2n) is 6.50. The van der Waals surface area contributed by atoms with E-state index in [1.807, 2.05) is 6.07 Å². The Morgan fingerprint density at radius 2 is 1.78 bits per heavy atom. The summed E-state index contributed by atoms with van der Waals surface area (Å²) in [6, 6.07) is 17.6. The van der Waals surface area contributed by atoms with E-state index in [1.165, 1.54) is 11.6 Å². The standard InChI is InChI=1S/C20H25FN2/c21-19-8-4-7-18(13-19)20(14-22)17-9-11-23(12-10-17)15-16-5-2-1-3-6-16/h1-8,13,17,20H,9-12,14-15,22H2. The van der Waals surface area contributed by atoms with E-state index in [4.69, 9.17) is 5.73 Å². The molecule has 3 rings (SSSR count). The van der Waals surface area contributed by atoms with Gasteiger partial charge in [-0.2, -0.15) is 0 Å². The molecule has 122 valence electrons. The van der Waals surface area contributed by atoms with Gasteiger partial charge in [-0.15, -0.1) is 0 Å². The van der Waals surface area contributed by atoms with Crippen LogP contribution in [0.2, 0.25) is 0 Å². The summed E-state index contributed by atoms with van der Waals surface area (Å²) in [5.41, 5.74) is 8.42. The van der Waals surface area contributed by atoms with Crippen molar-refractivity contribution in [3.63, 3.8) is 0 Å². The van der Waals surface area contributed by atoms with E-state index in [-0.39, 0.29) is 11.7 Å². The molecule has 1 atom stereocenters. The Labute approximate surface area is 138 Å². The number of nitrogens with zero attached hydrogens (tertiary/aromatic N) is 1. The van der Waals surface area contributed by atoms with E-state index < -0.39 is 0 Å². The lowest BCUT2D eigenvalue weighted by Crippen LogP contribution is -2.36. The first-order chi connectivity index (χ1) is 11.3. The van der Waals surface area contributed by atoms with Gasteiger partial charge in [0.1, 0.15) is 5.82 Å². The van der Waals surface area contributed by atoms with Crippen molar-refractivity contribution in [1.29, 1.82) is 0 Å². The van der Waals surface area contributed by atoms with Gasteiger partial charge in [-0.25, -0.2) is 4.39 Å². The van der Waals surface area contributed by atoms with Gasteiger partial charge in [-0.05, 0) is 67.6 Å². The summed E-state index contributed by atoms with van der Waals surface area (Å²) in [5, 5.41) is 0. The number of piperidine rings is 1. The summed E-state index contributed by atoms with van der Waals surface area (Å²) in [4.78, 5) is 2.50. The number of halogens is 1. The Kier molecular flexibility index (Phi) is 5.42. The molecule has 0 aliphatic carbocycles. The number of benzene rings is 2. The van der Waals surface area contributed by atoms with Crippen LogP contribution in [0.4, 0.5) is 4.39 Å². The summed E-state index contributed by atoms with van der Waals surface area (Å²) >= 11 is 0. The number of hydrogen-bond acceptors (Lipinski definition) is 2. The van der Waals surface area contributed by atoms with E-state index in [1.54, 1.807) is 12.1 Å². The maximum atomic E-state index is 13.5. The summed E-state index contributed by atoms with van der Waals surface area (Å²) in [5.74, 6) is 0.654. The van der Waals surface area contributed by atoms with Crippen LogP contribution in [-0.4, -0.2) is 24.5 Å². The van der Waals surface area contributed by atoms with Crippen LogP contribution in [0.1, 0.15) is 29.9 Å². The van der Waals surface area contributed by atoms with Crippen LogP contribution in [0, 0.1) is 11.7 Å². The summed E-state index contributed by atoms with van der Waals surface area (Å²) in [6.07, 6.45) is 2.26. The SMILES string of the molecule is NCC(c1cccc(F)c1)C1CCN(Cc2ccccc2)CC1. The second-order valence-corrected chi connectivity index (χ2v) is 6.50. The number of hydrogen-bond donors (Lipinski definition) is 1. The third-order valence-electron chi connectivity index (χ3n) is 4.98. The second kappa shape index (κ2) is 7.71. The molecular formula is C20H25FN2. The largest absolute Gasteiger partial charge is 0.330 e. The fraction of sp³-hybridized carbons (Fsp3) is 0.400. The minimum atomic E-state index is -0.164. The Morgan fingerprint density at radius 3 is 2.43 bits per heavy atom. The van der Waals surface area contributed by atoms with Crippen molar-refractivity contribution in [2.45, 2.75) is 25.3 Å². The van der Waals surface area contributed by atoms with Crippen LogP contribution in [0.3, 0.4) is 0 Å². The van der Waals surface area contributed by atoms with Crippen molar-refractivity contribution in [2.75, 3.05) is 19.6 Å². The normalized spacial score (nSPS) is 18.0. The molecule has 0 bridgehead atoms. The minimum absolute atomic E-state index is 0.164. The number of likely N-dealkylation sites (tertiary alicyclic amines) is 1. The van der Waals surface area contributed by atoms with Gasteiger partial charge in [0, 0.05) is 6.54 Å². The molecule has 1 aliphatic rings. The van der Waals surface area contributed by atoms with Crippen LogP contribution >= 0.6 is 0 Å². The smallest absolute Gasteiger partial charge is 0.123 e. The van der Waals surface area contributed by atoms with E-state index in [0.717, 1.165) is 38.0 Å². The molecule has 1 fully saturated rings. The minimum Gasteiger partial charge on any atom is -0.330 e. The summed E-state index contributed by atoms with van der Waals surface area (Å²) in [7, 11) is 0. The predicted octanol–water partition coefficient (Wildman–Crippen LogP) is 3.78. The van der Waals surface area contributed by atoms with E-state index in [0.29, 0.717) is 12.5 Å².